The lowest BCUT2D eigenvalue weighted by Crippen LogP contribution is -2.18. The van der Waals surface area contributed by atoms with Gasteiger partial charge >= 0.3 is 0 Å². The van der Waals surface area contributed by atoms with Gasteiger partial charge in [-0.05, 0) is 34.1 Å². The van der Waals surface area contributed by atoms with Gasteiger partial charge in [-0.25, -0.2) is 5.43 Å². The van der Waals surface area contributed by atoms with E-state index < -0.39 is 10.8 Å². The van der Waals surface area contributed by atoms with Crippen molar-refractivity contribution in [2.24, 2.45) is 5.10 Å². The van der Waals surface area contributed by atoms with Crippen LogP contribution in [0.3, 0.4) is 0 Å². The number of nitro benzene ring substituents is 1. The summed E-state index contributed by atoms with van der Waals surface area (Å²) in [7, 11) is 0. The molecule has 0 aliphatic heterocycles. The molecular formula is C15H10BrN5O3S. The number of hydrogen-bond donors (Lipinski definition) is 2. The highest BCUT2D eigenvalue weighted by molar-refractivity contribution is 9.11. The van der Waals surface area contributed by atoms with Crippen LogP contribution >= 0.6 is 27.3 Å². The van der Waals surface area contributed by atoms with Gasteiger partial charge in [0.2, 0.25) is 0 Å². The molecule has 0 atom stereocenters. The molecular weight excluding hydrogens is 410 g/mol. The van der Waals surface area contributed by atoms with E-state index in [4.69, 9.17) is 0 Å². The van der Waals surface area contributed by atoms with Crippen LogP contribution in [0.25, 0.3) is 10.6 Å². The van der Waals surface area contributed by atoms with Crippen molar-refractivity contribution >= 4 is 45.1 Å². The summed E-state index contributed by atoms with van der Waals surface area (Å²) in [4.78, 5) is 23.2. The van der Waals surface area contributed by atoms with Crippen molar-refractivity contribution in [1.82, 2.24) is 15.6 Å². The highest BCUT2D eigenvalue weighted by atomic mass is 79.9. The van der Waals surface area contributed by atoms with Crippen LogP contribution in [0.4, 0.5) is 5.69 Å². The second-order valence-electron chi connectivity index (χ2n) is 4.82. The third-order valence-electron chi connectivity index (χ3n) is 3.11. The predicted octanol–water partition coefficient (Wildman–Crippen LogP) is 3.57. The summed E-state index contributed by atoms with van der Waals surface area (Å²) in [5.41, 5.74) is 3.71. The van der Waals surface area contributed by atoms with Crippen LogP contribution in [0.2, 0.25) is 0 Å². The number of benzene rings is 1. The zero-order chi connectivity index (χ0) is 17.8. The lowest BCUT2D eigenvalue weighted by atomic mass is 10.2. The van der Waals surface area contributed by atoms with Crippen LogP contribution in [0, 0.1) is 10.1 Å². The van der Waals surface area contributed by atoms with Gasteiger partial charge in [-0.15, -0.1) is 11.3 Å². The van der Waals surface area contributed by atoms with Crippen molar-refractivity contribution < 1.29 is 9.72 Å². The smallest absolute Gasteiger partial charge is 0.276 e. The average molecular weight is 420 g/mol. The van der Waals surface area contributed by atoms with Gasteiger partial charge in [0.25, 0.3) is 11.6 Å². The van der Waals surface area contributed by atoms with Gasteiger partial charge in [-0.3, -0.25) is 20.0 Å². The summed E-state index contributed by atoms with van der Waals surface area (Å²) in [6, 6.07) is 11.4. The molecule has 25 heavy (non-hydrogen) atoms. The number of thiophene rings is 1. The zero-order valence-electron chi connectivity index (χ0n) is 12.5. The molecule has 0 bridgehead atoms. The lowest BCUT2D eigenvalue weighted by molar-refractivity contribution is -0.384. The highest BCUT2D eigenvalue weighted by Gasteiger charge is 2.12. The number of aromatic nitrogens is 2. The topological polar surface area (TPSA) is 113 Å². The number of aromatic amines is 1. The minimum absolute atomic E-state index is 0.0469. The molecule has 126 valence electrons. The Morgan fingerprint density at radius 3 is 2.92 bits per heavy atom. The number of carbonyl (C=O) groups is 1. The monoisotopic (exact) mass is 419 g/mol. The van der Waals surface area contributed by atoms with Crippen molar-refractivity contribution in [3.05, 3.63) is 67.6 Å². The largest absolute Gasteiger partial charge is 0.291 e. The summed E-state index contributed by atoms with van der Waals surface area (Å²) in [6.07, 6.45) is 1.33. The Morgan fingerprint density at radius 2 is 2.20 bits per heavy atom. The molecule has 0 spiro atoms. The first-order valence-electron chi connectivity index (χ1n) is 6.92. The molecule has 3 aromatic rings. The van der Waals surface area contributed by atoms with Crippen molar-refractivity contribution in [2.75, 3.05) is 0 Å². The zero-order valence-corrected chi connectivity index (χ0v) is 14.9. The fraction of sp³-hybridized carbons (Fsp3) is 0. The summed E-state index contributed by atoms with van der Waals surface area (Å²) in [5, 5.41) is 21.3. The third kappa shape index (κ3) is 4.17. The fourth-order valence-electron chi connectivity index (χ4n) is 1.96. The van der Waals surface area contributed by atoms with Gasteiger partial charge in [-0.2, -0.15) is 10.2 Å². The van der Waals surface area contributed by atoms with Gasteiger partial charge in [0.05, 0.1) is 25.5 Å². The van der Waals surface area contributed by atoms with Crippen LogP contribution in [-0.2, 0) is 0 Å². The summed E-state index contributed by atoms with van der Waals surface area (Å²) in [6.45, 7) is 0. The standard InChI is InChI=1S/C15H10BrN5O3S/c16-14-5-4-13(25-14)11-7-12(19-18-11)15(22)20-17-8-9-2-1-3-10(6-9)21(23)24/h1-8H,(H,18,19)(H,20,22)/b17-8-. The SMILES string of the molecule is O=C(N/N=C\c1cccc([N+](=O)[O-])c1)c1cc(-c2ccc(Br)s2)[nH]n1. The maximum absolute atomic E-state index is 12.0. The number of nitrogens with zero attached hydrogens (tertiary/aromatic N) is 3. The first-order valence-corrected chi connectivity index (χ1v) is 8.53. The van der Waals surface area contributed by atoms with Gasteiger partial charge in [0.15, 0.2) is 5.69 Å². The molecule has 2 aromatic heterocycles. The normalized spacial score (nSPS) is 10.9. The van der Waals surface area contributed by atoms with E-state index in [0.29, 0.717) is 5.56 Å². The van der Waals surface area contributed by atoms with Gasteiger partial charge in [0, 0.05) is 17.7 Å². The highest BCUT2D eigenvalue weighted by Crippen LogP contribution is 2.30. The number of non-ortho nitro benzene ring substituents is 1. The van der Waals surface area contributed by atoms with E-state index in [0.717, 1.165) is 14.4 Å². The number of hydrazone groups is 1. The molecule has 8 nitrogen and oxygen atoms in total. The first-order chi connectivity index (χ1) is 12.0. The maximum atomic E-state index is 12.0. The summed E-state index contributed by atoms with van der Waals surface area (Å²) < 4.78 is 0.977. The van der Waals surface area contributed by atoms with Crippen LogP contribution in [0.5, 0.6) is 0 Å². The number of nitrogens with one attached hydrogen (secondary N) is 2. The molecule has 0 radical (unpaired) electrons. The molecule has 3 rings (SSSR count). The second-order valence-corrected chi connectivity index (χ2v) is 7.28. The average Bonchev–Trinajstić information content (AvgIpc) is 3.24. The lowest BCUT2D eigenvalue weighted by Gasteiger charge is -1.96. The van der Waals surface area contributed by atoms with Crippen molar-refractivity contribution in [3.8, 4) is 10.6 Å². The minimum Gasteiger partial charge on any atom is -0.276 e. The molecule has 1 amide bonds. The number of halogens is 1. The molecule has 10 heteroatoms. The van der Waals surface area contributed by atoms with Crippen molar-refractivity contribution in [1.29, 1.82) is 0 Å². The number of H-pyrrole nitrogens is 1. The van der Waals surface area contributed by atoms with Crippen molar-refractivity contribution in [3.63, 3.8) is 0 Å². The molecule has 0 aliphatic carbocycles. The molecule has 2 N–H and O–H groups in total. The van der Waals surface area contributed by atoms with E-state index in [1.165, 1.54) is 29.7 Å². The van der Waals surface area contributed by atoms with Crippen LogP contribution in [0.15, 0.2) is 51.4 Å². The first kappa shape index (κ1) is 17.0. The Balaban J connectivity index is 1.66. The molecule has 0 saturated heterocycles. The van der Waals surface area contributed by atoms with E-state index in [1.807, 2.05) is 12.1 Å². The minimum atomic E-state index is -0.496. The number of nitro groups is 1. The van der Waals surface area contributed by atoms with Crippen molar-refractivity contribution in [2.45, 2.75) is 0 Å². The molecule has 2 heterocycles. The second kappa shape index (κ2) is 7.36. The van der Waals surface area contributed by atoms with Gasteiger partial charge in [-0.1, -0.05) is 12.1 Å². The number of hydrogen-bond acceptors (Lipinski definition) is 6. The number of rotatable bonds is 5. The van der Waals surface area contributed by atoms with Gasteiger partial charge in [0.1, 0.15) is 0 Å². The Labute approximate surface area is 153 Å². The maximum Gasteiger partial charge on any atom is 0.291 e. The van der Waals surface area contributed by atoms with E-state index in [-0.39, 0.29) is 11.4 Å². The van der Waals surface area contributed by atoms with Crippen LogP contribution in [-0.4, -0.2) is 27.2 Å². The molecule has 0 aliphatic rings. The fourth-order valence-corrected chi connectivity index (χ4v) is 3.32. The Bertz CT molecular complexity index is 965. The predicted molar refractivity (Wildman–Crippen MR) is 97.8 cm³/mol. The van der Waals surface area contributed by atoms with Crippen LogP contribution in [0.1, 0.15) is 16.1 Å². The number of amides is 1. The summed E-state index contributed by atoms with van der Waals surface area (Å²) in [5.74, 6) is -0.486. The quantitative estimate of drug-likeness (QED) is 0.373. The van der Waals surface area contributed by atoms with E-state index in [9.17, 15) is 14.9 Å². The third-order valence-corrected chi connectivity index (χ3v) is 4.77. The molecule has 0 unspecified atom stereocenters. The van der Waals surface area contributed by atoms with Gasteiger partial charge < -0.3 is 0 Å². The van der Waals surface area contributed by atoms with E-state index >= 15 is 0 Å². The summed E-state index contributed by atoms with van der Waals surface area (Å²) >= 11 is 4.89. The number of carbonyl (C=O) groups excluding carboxylic acids is 1. The van der Waals surface area contributed by atoms with Crippen LogP contribution < -0.4 is 5.43 Å². The Morgan fingerprint density at radius 1 is 1.36 bits per heavy atom. The Hall–Kier alpha value is -2.85. The van der Waals surface area contributed by atoms with E-state index in [1.54, 1.807) is 18.2 Å². The Kier molecular flexibility index (Phi) is 5.00. The van der Waals surface area contributed by atoms with E-state index in [2.05, 4.69) is 36.7 Å². The molecule has 0 fully saturated rings. The molecule has 1 aromatic carbocycles. The molecule has 0 saturated carbocycles.